The van der Waals surface area contributed by atoms with Gasteiger partial charge < -0.3 is 9.47 Å². The number of hydrogen-bond acceptors (Lipinski definition) is 2. The van der Waals surface area contributed by atoms with Crippen LogP contribution in [0.5, 0.6) is 11.5 Å². The third-order valence-corrected chi connectivity index (χ3v) is 5.80. The zero-order valence-corrected chi connectivity index (χ0v) is 14.7. The van der Waals surface area contributed by atoms with Crippen LogP contribution >= 0.6 is 0 Å². The molecule has 0 radical (unpaired) electrons. The van der Waals surface area contributed by atoms with Crippen molar-refractivity contribution in [3.8, 4) is 11.5 Å². The third-order valence-electron chi connectivity index (χ3n) is 5.80. The minimum Gasteiger partial charge on any atom is -0.496 e. The second kappa shape index (κ2) is 5.13. The molecule has 0 spiro atoms. The van der Waals surface area contributed by atoms with Crippen LogP contribution in [0.3, 0.4) is 0 Å². The molecule has 0 unspecified atom stereocenters. The Balaban J connectivity index is 1.94. The first-order valence-corrected chi connectivity index (χ1v) is 8.69. The summed E-state index contributed by atoms with van der Waals surface area (Å²) in [5.74, 6) is 2.35. The van der Waals surface area contributed by atoms with Crippen LogP contribution in [-0.2, 0) is 0 Å². The summed E-state index contributed by atoms with van der Waals surface area (Å²) in [5, 5.41) is 0. The van der Waals surface area contributed by atoms with Gasteiger partial charge in [0.05, 0.1) is 14.2 Å². The van der Waals surface area contributed by atoms with E-state index in [0.29, 0.717) is 0 Å². The molecule has 0 aromatic heterocycles. The Morgan fingerprint density at radius 2 is 1.08 bits per heavy atom. The van der Waals surface area contributed by atoms with Gasteiger partial charge in [-0.05, 0) is 46.9 Å². The number of benzene rings is 3. The van der Waals surface area contributed by atoms with Gasteiger partial charge in [0.15, 0.2) is 0 Å². The van der Waals surface area contributed by atoms with Gasteiger partial charge in [-0.1, -0.05) is 42.5 Å². The highest BCUT2D eigenvalue weighted by Gasteiger charge is 2.44. The van der Waals surface area contributed by atoms with E-state index in [1.807, 2.05) is 0 Å². The smallest absolute Gasteiger partial charge is 0.123 e. The van der Waals surface area contributed by atoms with Gasteiger partial charge in [-0.15, -0.1) is 0 Å². The van der Waals surface area contributed by atoms with Gasteiger partial charge in [0.1, 0.15) is 11.5 Å². The molecular weight excluding hydrogens is 308 g/mol. The molecule has 0 fully saturated rings. The average molecular weight is 328 g/mol. The van der Waals surface area contributed by atoms with Crippen molar-refractivity contribution >= 4 is 0 Å². The fourth-order valence-corrected chi connectivity index (χ4v) is 4.88. The van der Waals surface area contributed by atoms with Crippen LogP contribution in [0, 0.1) is 6.92 Å². The summed E-state index contributed by atoms with van der Waals surface area (Å²) in [6.45, 7) is 2.21. The van der Waals surface area contributed by atoms with Crippen LogP contribution in [0.25, 0.3) is 0 Å². The van der Waals surface area contributed by atoms with Gasteiger partial charge in [-0.3, -0.25) is 0 Å². The van der Waals surface area contributed by atoms with Gasteiger partial charge in [0.25, 0.3) is 0 Å². The predicted octanol–water partition coefficient (Wildman–Crippen LogP) is 5.00. The van der Waals surface area contributed by atoms with E-state index < -0.39 is 0 Å². The second-order valence-corrected chi connectivity index (χ2v) is 6.87. The van der Waals surface area contributed by atoms with Crippen molar-refractivity contribution in [2.75, 3.05) is 14.2 Å². The lowest BCUT2D eigenvalue weighted by Crippen LogP contribution is -2.29. The van der Waals surface area contributed by atoms with Crippen LogP contribution in [-0.4, -0.2) is 14.2 Å². The zero-order chi connectivity index (χ0) is 17.1. The van der Waals surface area contributed by atoms with E-state index in [1.165, 1.54) is 38.9 Å². The summed E-state index contributed by atoms with van der Waals surface area (Å²) < 4.78 is 11.5. The molecule has 3 aromatic carbocycles. The molecule has 2 bridgehead atoms. The van der Waals surface area contributed by atoms with Crippen molar-refractivity contribution in [1.82, 2.24) is 0 Å². The summed E-state index contributed by atoms with van der Waals surface area (Å²) in [6, 6.07) is 19.5. The summed E-state index contributed by atoms with van der Waals surface area (Å²) in [5.41, 5.74) is 9.50. The fourth-order valence-electron chi connectivity index (χ4n) is 4.88. The molecule has 124 valence electrons. The number of aryl methyl sites for hydroxylation is 1. The summed E-state index contributed by atoms with van der Waals surface area (Å²) >= 11 is 0. The fraction of sp³-hybridized carbons (Fsp3) is 0.217. The maximum absolute atomic E-state index is 5.77. The van der Waals surface area contributed by atoms with E-state index in [2.05, 4.69) is 61.5 Å². The van der Waals surface area contributed by atoms with Crippen molar-refractivity contribution in [2.45, 2.75) is 18.8 Å². The molecule has 3 aromatic rings. The lowest BCUT2D eigenvalue weighted by molar-refractivity contribution is 0.397. The molecule has 2 nitrogen and oxygen atoms in total. The van der Waals surface area contributed by atoms with Crippen LogP contribution < -0.4 is 9.47 Å². The van der Waals surface area contributed by atoms with Crippen LogP contribution in [0.15, 0.2) is 54.6 Å². The lowest BCUT2D eigenvalue weighted by atomic mass is 9.60. The number of ether oxygens (including phenoxy) is 2. The van der Waals surface area contributed by atoms with Gasteiger partial charge in [0.2, 0.25) is 0 Å². The van der Waals surface area contributed by atoms with Gasteiger partial charge in [0, 0.05) is 23.0 Å². The molecule has 25 heavy (non-hydrogen) atoms. The first-order chi connectivity index (χ1) is 12.3. The molecule has 0 atom stereocenters. The van der Waals surface area contributed by atoms with E-state index in [4.69, 9.17) is 9.47 Å². The van der Waals surface area contributed by atoms with Crippen LogP contribution in [0.2, 0.25) is 0 Å². The predicted molar refractivity (Wildman–Crippen MR) is 99.1 cm³/mol. The molecule has 0 saturated heterocycles. The van der Waals surface area contributed by atoms with Gasteiger partial charge >= 0.3 is 0 Å². The van der Waals surface area contributed by atoms with Crippen LogP contribution in [0.1, 0.15) is 50.8 Å². The van der Waals surface area contributed by atoms with E-state index in [-0.39, 0.29) is 11.8 Å². The normalized spacial score (nSPS) is 19.0. The lowest BCUT2D eigenvalue weighted by Gasteiger charge is -2.43. The number of rotatable bonds is 2. The topological polar surface area (TPSA) is 18.5 Å². The standard InChI is InChI=1S/C23H20O2/c1-13-7-4-8-14-19(13)23-21-15(9-5-11-17(21)24-2)20(14)16-10-6-12-18(25-3)22(16)23/h4-12,20,23H,1-3H3. The molecular formula is C23H20O2. The molecule has 6 rings (SSSR count). The van der Waals surface area contributed by atoms with Gasteiger partial charge in [-0.25, -0.2) is 0 Å². The first kappa shape index (κ1) is 14.6. The van der Waals surface area contributed by atoms with E-state index in [1.54, 1.807) is 14.2 Å². The van der Waals surface area contributed by atoms with Crippen LogP contribution in [0.4, 0.5) is 0 Å². The Morgan fingerprint density at radius 3 is 1.60 bits per heavy atom. The first-order valence-electron chi connectivity index (χ1n) is 8.69. The molecule has 3 aliphatic rings. The molecule has 0 N–H and O–H groups in total. The summed E-state index contributed by atoms with van der Waals surface area (Å²) in [7, 11) is 3.53. The minimum absolute atomic E-state index is 0.165. The maximum Gasteiger partial charge on any atom is 0.123 e. The molecule has 0 saturated carbocycles. The molecule has 2 heteroatoms. The Hall–Kier alpha value is -2.74. The Labute approximate surface area is 148 Å². The summed E-state index contributed by atoms with van der Waals surface area (Å²) in [6.07, 6.45) is 0. The van der Waals surface area contributed by atoms with Crippen molar-refractivity contribution in [3.05, 3.63) is 93.5 Å². The second-order valence-electron chi connectivity index (χ2n) is 6.87. The molecule has 3 aliphatic carbocycles. The Kier molecular flexibility index (Phi) is 2.99. The van der Waals surface area contributed by atoms with Crippen molar-refractivity contribution in [1.29, 1.82) is 0 Å². The monoisotopic (exact) mass is 328 g/mol. The van der Waals surface area contributed by atoms with E-state index >= 15 is 0 Å². The highest BCUT2D eigenvalue weighted by Crippen LogP contribution is 2.60. The minimum atomic E-state index is 0.165. The quantitative estimate of drug-likeness (QED) is 0.454. The average Bonchev–Trinajstić information content (AvgIpc) is 2.66. The van der Waals surface area contributed by atoms with Crippen molar-refractivity contribution < 1.29 is 9.47 Å². The number of hydrogen-bond donors (Lipinski definition) is 0. The maximum atomic E-state index is 5.77. The van der Waals surface area contributed by atoms with Crippen molar-refractivity contribution in [2.24, 2.45) is 0 Å². The SMILES string of the molecule is COc1cccc2c1C1c3c(C)cccc3C2c2cccc(OC)c21. The zero-order valence-electron chi connectivity index (χ0n) is 14.7. The summed E-state index contributed by atoms with van der Waals surface area (Å²) in [4.78, 5) is 0. The van der Waals surface area contributed by atoms with Gasteiger partial charge in [-0.2, -0.15) is 0 Å². The molecule has 0 amide bonds. The third kappa shape index (κ3) is 1.74. The highest BCUT2D eigenvalue weighted by molar-refractivity contribution is 5.73. The number of methoxy groups -OCH3 is 2. The molecule has 0 heterocycles. The molecule has 0 aliphatic heterocycles. The highest BCUT2D eigenvalue weighted by atomic mass is 16.5. The Morgan fingerprint density at radius 1 is 0.600 bits per heavy atom. The van der Waals surface area contributed by atoms with E-state index in [9.17, 15) is 0 Å². The van der Waals surface area contributed by atoms with Crippen molar-refractivity contribution in [3.63, 3.8) is 0 Å². The Bertz CT molecular complexity index is 947. The van der Waals surface area contributed by atoms with E-state index in [0.717, 1.165) is 11.5 Å². The largest absolute Gasteiger partial charge is 0.496 e.